The molecule has 1 aromatic carbocycles. The van der Waals surface area contributed by atoms with Crippen LogP contribution < -0.4 is 14.2 Å². The van der Waals surface area contributed by atoms with Crippen molar-refractivity contribution in [3.8, 4) is 11.5 Å². The molecule has 0 unspecified atom stereocenters. The van der Waals surface area contributed by atoms with Crippen molar-refractivity contribution in [1.82, 2.24) is 10.2 Å². The number of rotatable bonds is 7. The van der Waals surface area contributed by atoms with Crippen molar-refractivity contribution in [3.05, 3.63) is 23.0 Å². The molecule has 1 N–H and O–H groups in total. The average Bonchev–Trinajstić information content (AvgIpc) is 2.91. The van der Waals surface area contributed by atoms with Crippen molar-refractivity contribution in [2.24, 2.45) is 5.92 Å². The van der Waals surface area contributed by atoms with Gasteiger partial charge in [0.1, 0.15) is 15.7 Å². The van der Waals surface area contributed by atoms with Gasteiger partial charge < -0.3 is 9.47 Å². The minimum absolute atomic E-state index is 0.0832. The number of hydrogen-bond donors (Lipinski definition) is 1. The Labute approximate surface area is 143 Å². The Hall–Kier alpha value is -1.94. The topological polar surface area (TPSA) is 90.4 Å². The van der Waals surface area contributed by atoms with Crippen molar-refractivity contribution in [2.45, 2.75) is 25.2 Å². The van der Waals surface area contributed by atoms with Gasteiger partial charge in [0.05, 0.1) is 14.2 Å². The van der Waals surface area contributed by atoms with Crippen LogP contribution in [0.5, 0.6) is 11.5 Å². The molecule has 0 fully saturated rings. The average molecular weight is 375 g/mol. The van der Waals surface area contributed by atoms with Gasteiger partial charge in [0, 0.05) is 18.6 Å². The largest absolute Gasteiger partial charge is 0.493 e. The first-order chi connectivity index (χ1) is 11.3. The Morgan fingerprint density at radius 2 is 1.83 bits per heavy atom. The molecule has 2 rings (SSSR count). The standard InChI is InChI=1S/C14H18FN3O4S2/c1-8(2)5-13-16-17-14(23-13)18-24(19,20)12-7-11(22-4)10(21-3)6-9(12)15/h6-8H,5H2,1-4H3,(H,17,18). The molecule has 0 saturated heterocycles. The fraction of sp³-hybridized carbons (Fsp3) is 0.429. The lowest BCUT2D eigenvalue weighted by Gasteiger charge is -2.11. The Balaban J connectivity index is 2.32. The van der Waals surface area contributed by atoms with E-state index in [1.165, 1.54) is 14.2 Å². The molecule has 24 heavy (non-hydrogen) atoms. The van der Waals surface area contributed by atoms with Crippen molar-refractivity contribution >= 4 is 26.5 Å². The number of anilines is 1. The zero-order valence-electron chi connectivity index (χ0n) is 13.7. The maximum atomic E-state index is 14.1. The van der Waals surface area contributed by atoms with Gasteiger partial charge in [-0.3, -0.25) is 4.72 Å². The molecule has 0 saturated carbocycles. The van der Waals surface area contributed by atoms with Crippen molar-refractivity contribution in [1.29, 1.82) is 0 Å². The third-order valence-corrected chi connectivity index (χ3v) is 5.34. The molecular formula is C14H18FN3O4S2. The Bertz CT molecular complexity index is 821. The van der Waals surface area contributed by atoms with Crippen LogP contribution in [0.2, 0.25) is 0 Å². The summed E-state index contributed by atoms with van der Waals surface area (Å²) in [5, 5.41) is 8.49. The Morgan fingerprint density at radius 3 is 2.42 bits per heavy atom. The molecule has 0 aliphatic heterocycles. The van der Waals surface area contributed by atoms with E-state index in [1.54, 1.807) is 0 Å². The summed E-state index contributed by atoms with van der Waals surface area (Å²) >= 11 is 1.12. The first-order valence-electron chi connectivity index (χ1n) is 7.03. The fourth-order valence-electron chi connectivity index (χ4n) is 1.94. The fourth-order valence-corrected chi connectivity index (χ4v) is 4.20. The molecule has 0 bridgehead atoms. The molecule has 7 nitrogen and oxygen atoms in total. The number of sulfonamides is 1. The van der Waals surface area contributed by atoms with Gasteiger partial charge in [0.2, 0.25) is 5.13 Å². The van der Waals surface area contributed by atoms with Crippen molar-refractivity contribution < 1.29 is 22.3 Å². The minimum atomic E-state index is -4.17. The van der Waals surface area contributed by atoms with Crippen LogP contribution in [0.15, 0.2) is 17.0 Å². The summed E-state index contributed by atoms with van der Waals surface area (Å²) in [5.74, 6) is -0.376. The lowest BCUT2D eigenvalue weighted by Crippen LogP contribution is -2.15. The zero-order chi connectivity index (χ0) is 17.9. The van der Waals surface area contributed by atoms with Gasteiger partial charge in [-0.05, 0) is 5.92 Å². The van der Waals surface area contributed by atoms with E-state index in [9.17, 15) is 12.8 Å². The monoisotopic (exact) mass is 375 g/mol. The third-order valence-electron chi connectivity index (χ3n) is 3.00. The lowest BCUT2D eigenvalue weighted by molar-refractivity contribution is 0.350. The van der Waals surface area contributed by atoms with Gasteiger partial charge in [-0.1, -0.05) is 25.2 Å². The molecule has 0 aliphatic rings. The van der Waals surface area contributed by atoms with Gasteiger partial charge >= 0.3 is 0 Å². The highest BCUT2D eigenvalue weighted by Gasteiger charge is 2.24. The normalized spacial score (nSPS) is 11.6. The number of aromatic nitrogens is 2. The maximum absolute atomic E-state index is 14.1. The van der Waals surface area contributed by atoms with Crippen LogP contribution in [-0.4, -0.2) is 32.8 Å². The quantitative estimate of drug-likeness (QED) is 0.800. The van der Waals surface area contributed by atoms with Crippen molar-refractivity contribution in [3.63, 3.8) is 0 Å². The number of halogens is 1. The molecule has 132 valence electrons. The van der Waals surface area contributed by atoms with Crippen LogP contribution in [0.1, 0.15) is 18.9 Å². The second kappa shape index (κ2) is 7.31. The number of methoxy groups -OCH3 is 2. The predicted octanol–water partition coefficient (Wildman–Crippen LogP) is 2.69. The second-order valence-corrected chi connectivity index (χ2v) is 8.05. The molecule has 0 radical (unpaired) electrons. The predicted molar refractivity (Wildman–Crippen MR) is 88.8 cm³/mol. The van der Waals surface area contributed by atoms with Gasteiger partial charge in [-0.2, -0.15) is 0 Å². The van der Waals surface area contributed by atoms with E-state index < -0.39 is 20.7 Å². The minimum Gasteiger partial charge on any atom is -0.493 e. The summed E-state index contributed by atoms with van der Waals surface area (Å²) in [5.41, 5.74) is 0. The number of nitrogens with one attached hydrogen (secondary N) is 1. The lowest BCUT2D eigenvalue weighted by atomic mass is 10.1. The van der Waals surface area contributed by atoms with Gasteiger partial charge in [0.25, 0.3) is 10.0 Å². The summed E-state index contributed by atoms with van der Waals surface area (Å²) in [6.45, 7) is 4.04. The van der Waals surface area contributed by atoms with Gasteiger partial charge in [-0.25, -0.2) is 12.8 Å². The smallest absolute Gasteiger partial charge is 0.266 e. The second-order valence-electron chi connectivity index (χ2n) is 5.34. The Morgan fingerprint density at radius 1 is 1.21 bits per heavy atom. The van der Waals surface area contributed by atoms with Gasteiger partial charge in [-0.15, -0.1) is 10.2 Å². The highest BCUT2D eigenvalue weighted by molar-refractivity contribution is 7.93. The highest BCUT2D eigenvalue weighted by atomic mass is 32.2. The number of benzene rings is 1. The van der Waals surface area contributed by atoms with Crippen LogP contribution >= 0.6 is 11.3 Å². The first-order valence-corrected chi connectivity index (χ1v) is 9.33. The summed E-state index contributed by atoms with van der Waals surface area (Å²) in [6, 6.07) is 2.02. The zero-order valence-corrected chi connectivity index (χ0v) is 15.3. The van der Waals surface area contributed by atoms with Crippen LogP contribution in [0.25, 0.3) is 0 Å². The maximum Gasteiger partial charge on any atom is 0.266 e. The highest BCUT2D eigenvalue weighted by Crippen LogP contribution is 2.33. The molecule has 2 aromatic rings. The summed E-state index contributed by atoms with van der Waals surface area (Å²) in [6.07, 6.45) is 0.685. The molecule has 0 atom stereocenters. The molecule has 1 aromatic heterocycles. The van der Waals surface area contributed by atoms with Crippen LogP contribution in [-0.2, 0) is 16.4 Å². The van der Waals surface area contributed by atoms with E-state index in [0.29, 0.717) is 17.3 Å². The summed E-state index contributed by atoms with van der Waals surface area (Å²) in [7, 11) is -1.50. The molecular weight excluding hydrogens is 357 g/mol. The Kier molecular flexibility index (Phi) is 5.60. The number of nitrogens with zero attached hydrogens (tertiary/aromatic N) is 2. The number of ether oxygens (including phenoxy) is 2. The van der Waals surface area contributed by atoms with Crippen LogP contribution in [0.4, 0.5) is 9.52 Å². The molecule has 0 aliphatic carbocycles. The van der Waals surface area contributed by atoms with Crippen LogP contribution in [0.3, 0.4) is 0 Å². The van der Waals surface area contributed by atoms with E-state index in [0.717, 1.165) is 23.5 Å². The van der Waals surface area contributed by atoms with Crippen molar-refractivity contribution in [2.75, 3.05) is 18.9 Å². The van der Waals surface area contributed by atoms with E-state index in [1.807, 2.05) is 13.8 Å². The molecule has 0 spiro atoms. The molecule has 0 amide bonds. The van der Waals surface area contributed by atoms with E-state index in [-0.39, 0.29) is 16.6 Å². The van der Waals surface area contributed by atoms with E-state index >= 15 is 0 Å². The summed E-state index contributed by atoms with van der Waals surface area (Å²) < 4.78 is 51.2. The van der Waals surface area contributed by atoms with Gasteiger partial charge in [0.15, 0.2) is 11.5 Å². The van der Waals surface area contributed by atoms with E-state index in [2.05, 4.69) is 14.9 Å². The molecule has 10 heteroatoms. The van der Waals surface area contributed by atoms with Crippen LogP contribution in [0, 0.1) is 11.7 Å². The van der Waals surface area contributed by atoms with E-state index in [4.69, 9.17) is 9.47 Å². The number of hydrogen-bond acceptors (Lipinski definition) is 7. The molecule has 1 heterocycles. The first kappa shape index (κ1) is 18.4. The third kappa shape index (κ3) is 4.12. The SMILES string of the molecule is COc1cc(F)c(S(=O)(=O)Nc2nnc(CC(C)C)s2)cc1OC. The summed E-state index contributed by atoms with van der Waals surface area (Å²) in [4.78, 5) is -0.555.